The summed E-state index contributed by atoms with van der Waals surface area (Å²) in [5, 5.41) is 30.2. The Kier molecular flexibility index (Phi) is 14.5. The summed E-state index contributed by atoms with van der Waals surface area (Å²) in [5.41, 5.74) is 7.15. The molecule has 5 aromatic rings. The van der Waals surface area contributed by atoms with E-state index in [1.165, 1.54) is 0 Å². The van der Waals surface area contributed by atoms with Gasteiger partial charge in [0.2, 0.25) is 11.8 Å². The number of hydrogen-bond acceptors (Lipinski definition) is 16. The van der Waals surface area contributed by atoms with Crippen LogP contribution in [0.4, 0.5) is 11.5 Å². The molecule has 3 N–H and O–H groups in total. The van der Waals surface area contributed by atoms with E-state index in [2.05, 4.69) is 45.7 Å². The zero-order valence-electron chi connectivity index (χ0n) is 40.3. The minimum Gasteiger partial charge on any atom is -0.507 e. The van der Waals surface area contributed by atoms with Gasteiger partial charge in [-0.05, 0) is 80.2 Å². The Labute approximate surface area is 407 Å². The number of ether oxygens (including phenoxy) is 2. The maximum atomic E-state index is 14.6. The van der Waals surface area contributed by atoms with Crippen molar-refractivity contribution in [2.24, 2.45) is 11.8 Å². The number of aryl methyl sites for hydroxylation is 1. The lowest BCUT2D eigenvalue weighted by Gasteiger charge is -2.49. The van der Waals surface area contributed by atoms with Crippen molar-refractivity contribution in [3.63, 3.8) is 0 Å². The fraction of sp³-hybridized carbons (Fsp3) is 0.510. The molecule has 366 valence electrons. The summed E-state index contributed by atoms with van der Waals surface area (Å²) >= 11 is 1.59. The number of piperidine rings is 1. The SMILES string of the molecule is Cc1ncsc1-c1ccc([C@H](C)NC(=O)[C@@H]2C[C@@H](OC(=O)C(C)C)CN2C(=O)[C@@H](c2cc(OCCN3CCC(N4CCN5c6cc(-c7ccccc7O)nnc6NC[C@H]5C4)CC3)no2)C(C)C)cc1. The largest absolute Gasteiger partial charge is 0.507 e. The minimum absolute atomic E-state index is 0.0882. The number of para-hydroxylation sites is 1. The number of benzene rings is 2. The Hall–Kier alpha value is -6.11. The highest BCUT2D eigenvalue weighted by Gasteiger charge is 2.45. The van der Waals surface area contributed by atoms with Gasteiger partial charge in [-0.15, -0.1) is 21.5 Å². The molecule has 7 heterocycles. The van der Waals surface area contributed by atoms with Crippen LogP contribution in [0.25, 0.3) is 21.7 Å². The molecule has 69 heavy (non-hydrogen) atoms. The second-order valence-electron chi connectivity index (χ2n) is 19.5. The predicted molar refractivity (Wildman–Crippen MR) is 263 cm³/mol. The van der Waals surface area contributed by atoms with Gasteiger partial charge in [-0.25, -0.2) is 4.98 Å². The van der Waals surface area contributed by atoms with E-state index < -0.39 is 18.1 Å². The quantitative estimate of drug-likeness (QED) is 0.0962. The number of anilines is 2. The van der Waals surface area contributed by atoms with Gasteiger partial charge in [0.25, 0.3) is 5.88 Å². The van der Waals surface area contributed by atoms with Crippen LogP contribution in [0.15, 0.2) is 70.7 Å². The number of fused-ring (bicyclic) bond motifs is 3. The molecule has 2 aromatic carbocycles. The summed E-state index contributed by atoms with van der Waals surface area (Å²) in [6.45, 7) is 18.1. The third-order valence-electron chi connectivity index (χ3n) is 14.1. The highest BCUT2D eigenvalue weighted by molar-refractivity contribution is 7.13. The van der Waals surface area contributed by atoms with E-state index >= 15 is 0 Å². The van der Waals surface area contributed by atoms with E-state index in [1.807, 2.05) is 75.7 Å². The summed E-state index contributed by atoms with van der Waals surface area (Å²) in [5.74, 6) is -0.651. The Bertz CT molecular complexity index is 2590. The number of hydrogen-bond donors (Lipinski definition) is 3. The molecule has 0 aliphatic carbocycles. The molecule has 3 saturated heterocycles. The lowest BCUT2D eigenvalue weighted by molar-refractivity contribution is -0.153. The summed E-state index contributed by atoms with van der Waals surface area (Å²) in [6.07, 6.45) is 1.68. The van der Waals surface area contributed by atoms with Crippen molar-refractivity contribution in [2.75, 3.05) is 69.2 Å². The molecular weight excluding hydrogens is 897 g/mol. The molecule has 3 fully saturated rings. The number of amides is 2. The summed E-state index contributed by atoms with van der Waals surface area (Å²) in [7, 11) is 0. The number of nitrogens with one attached hydrogen (secondary N) is 2. The monoisotopic (exact) mass is 960 g/mol. The van der Waals surface area contributed by atoms with E-state index in [9.17, 15) is 19.5 Å². The molecular formula is C51H64N10O7S. The van der Waals surface area contributed by atoms with Gasteiger partial charge in [0.15, 0.2) is 11.6 Å². The van der Waals surface area contributed by atoms with Crippen molar-refractivity contribution in [3.05, 3.63) is 83.2 Å². The van der Waals surface area contributed by atoms with E-state index in [-0.39, 0.29) is 54.4 Å². The van der Waals surface area contributed by atoms with Crippen LogP contribution in [0.1, 0.15) is 82.9 Å². The van der Waals surface area contributed by atoms with Gasteiger partial charge < -0.3 is 39.5 Å². The van der Waals surface area contributed by atoms with E-state index in [1.54, 1.807) is 48.3 Å². The number of aromatic hydroxyl groups is 1. The summed E-state index contributed by atoms with van der Waals surface area (Å²) in [4.78, 5) is 56.0. The van der Waals surface area contributed by atoms with E-state index in [0.717, 1.165) is 91.9 Å². The maximum Gasteiger partial charge on any atom is 0.308 e. The van der Waals surface area contributed by atoms with Gasteiger partial charge >= 0.3 is 5.97 Å². The van der Waals surface area contributed by atoms with Crippen molar-refractivity contribution in [2.45, 2.75) is 97.0 Å². The molecule has 0 unspecified atom stereocenters. The lowest BCUT2D eigenvalue weighted by Crippen LogP contribution is -2.61. The first-order chi connectivity index (χ1) is 33.3. The molecule has 0 radical (unpaired) electrons. The smallest absolute Gasteiger partial charge is 0.308 e. The standard InChI is InChI=1S/C51H64N10O7S/c1-30(2)46(50(64)61-28-38(67-51(65)31(3)4)23-42(61)49(63)54-32(5)34-11-13-35(14-12-34)47-33(6)53-29-69-47)44-25-45(57-68-44)66-22-21-58-17-15-36(16-18-58)59-19-20-60-37(27-59)26-52-48-41(60)24-40(55-56-48)39-9-7-8-10-43(39)62/h7-14,24-25,29-32,36-38,42,46,62H,15-23,26-28H2,1-6H3,(H,52,56)(H,54,63)/t32-,37-,38+,42-,46+/m0/s1. The number of thiazole rings is 1. The van der Waals surface area contributed by atoms with Crippen LogP contribution >= 0.6 is 11.3 Å². The number of likely N-dealkylation sites (tertiary alicyclic amines) is 2. The van der Waals surface area contributed by atoms with Gasteiger partial charge in [0.1, 0.15) is 30.4 Å². The van der Waals surface area contributed by atoms with Gasteiger partial charge in [-0.3, -0.25) is 24.2 Å². The third-order valence-corrected chi connectivity index (χ3v) is 15.1. The molecule has 0 saturated carbocycles. The summed E-state index contributed by atoms with van der Waals surface area (Å²) in [6, 6.07) is 18.6. The molecule has 3 aromatic heterocycles. The first-order valence-corrected chi connectivity index (χ1v) is 25.2. The first-order valence-electron chi connectivity index (χ1n) is 24.4. The van der Waals surface area contributed by atoms with Crippen molar-refractivity contribution in [1.82, 2.24) is 40.4 Å². The van der Waals surface area contributed by atoms with Crippen LogP contribution in [-0.4, -0.2) is 141 Å². The number of piperazine rings is 1. The lowest BCUT2D eigenvalue weighted by atomic mass is 9.91. The van der Waals surface area contributed by atoms with Crippen molar-refractivity contribution < 1.29 is 33.5 Å². The molecule has 5 atom stereocenters. The second kappa shape index (κ2) is 20.9. The highest BCUT2D eigenvalue weighted by atomic mass is 32.1. The molecule has 17 nitrogen and oxygen atoms in total. The van der Waals surface area contributed by atoms with E-state index in [4.69, 9.17) is 14.0 Å². The van der Waals surface area contributed by atoms with Gasteiger partial charge in [0, 0.05) is 56.8 Å². The Morgan fingerprint density at radius 3 is 2.46 bits per heavy atom. The predicted octanol–water partition coefficient (Wildman–Crippen LogP) is 6.51. The summed E-state index contributed by atoms with van der Waals surface area (Å²) < 4.78 is 17.7. The normalized spacial score (nSPS) is 20.8. The van der Waals surface area contributed by atoms with Crippen LogP contribution in [0.2, 0.25) is 0 Å². The number of carbonyl (C=O) groups is 3. The first kappa shape index (κ1) is 47.9. The molecule has 2 amide bonds. The van der Waals surface area contributed by atoms with Crippen molar-refractivity contribution in [3.8, 4) is 33.3 Å². The maximum absolute atomic E-state index is 14.6. The third kappa shape index (κ3) is 10.6. The second-order valence-corrected chi connectivity index (χ2v) is 20.3. The number of aromatic nitrogens is 4. The van der Waals surface area contributed by atoms with Crippen LogP contribution in [-0.2, 0) is 19.1 Å². The number of carbonyl (C=O) groups excluding carboxylic acids is 3. The Morgan fingerprint density at radius 1 is 0.957 bits per heavy atom. The number of nitrogens with zero attached hydrogens (tertiary/aromatic N) is 8. The van der Waals surface area contributed by atoms with Gasteiger partial charge in [-0.2, -0.15) is 0 Å². The molecule has 0 spiro atoms. The van der Waals surface area contributed by atoms with Gasteiger partial charge in [0.05, 0.1) is 52.0 Å². The number of rotatable bonds is 15. The molecule has 4 aliphatic rings. The highest BCUT2D eigenvalue weighted by Crippen LogP contribution is 2.38. The van der Waals surface area contributed by atoms with Gasteiger partial charge in [-0.1, -0.05) is 64.1 Å². The zero-order valence-corrected chi connectivity index (χ0v) is 41.2. The van der Waals surface area contributed by atoms with E-state index in [0.29, 0.717) is 41.6 Å². The average molecular weight is 961 g/mol. The molecule has 0 bridgehead atoms. The van der Waals surface area contributed by atoms with Crippen LogP contribution in [0.3, 0.4) is 0 Å². The number of phenolic OH excluding ortho intramolecular Hbond substituents is 1. The fourth-order valence-corrected chi connectivity index (χ4v) is 11.0. The fourth-order valence-electron chi connectivity index (χ4n) is 10.2. The zero-order chi connectivity index (χ0) is 48.3. The topological polar surface area (TPSA) is 192 Å². The Balaban J connectivity index is 0.772. The molecule has 9 rings (SSSR count). The van der Waals surface area contributed by atoms with Crippen LogP contribution in [0, 0.1) is 18.8 Å². The number of esters is 1. The average Bonchev–Trinajstić information content (AvgIpc) is 4.12. The van der Waals surface area contributed by atoms with Crippen molar-refractivity contribution >= 4 is 40.6 Å². The molecule has 4 aliphatic heterocycles. The number of phenols is 1. The van der Waals surface area contributed by atoms with Crippen molar-refractivity contribution in [1.29, 1.82) is 0 Å². The van der Waals surface area contributed by atoms with Crippen LogP contribution in [0.5, 0.6) is 11.6 Å². The molecule has 18 heteroatoms. The van der Waals surface area contributed by atoms with Crippen LogP contribution < -0.4 is 20.3 Å². The Morgan fingerprint density at radius 2 is 1.74 bits per heavy atom. The minimum atomic E-state index is -0.861.